The quantitative estimate of drug-likeness (QED) is 0.908. The van der Waals surface area contributed by atoms with Crippen LogP contribution in [0.5, 0.6) is 0 Å². The maximum atomic E-state index is 5.85. The van der Waals surface area contributed by atoms with Crippen molar-refractivity contribution in [1.82, 2.24) is 5.32 Å². The summed E-state index contributed by atoms with van der Waals surface area (Å²) in [5.41, 5.74) is 4.07. The van der Waals surface area contributed by atoms with Gasteiger partial charge in [-0.25, -0.2) is 0 Å². The Morgan fingerprint density at radius 2 is 1.86 bits per heavy atom. The van der Waals surface area contributed by atoms with Crippen LogP contribution < -0.4 is 15.1 Å². The molecule has 2 aliphatic heterocycles. The molecule has 4 heteroatoms. The first-order chi connectivity index (χ1) is 10.5. The minimum atomic E-state index is 0.302. The van der Waals surface area contributed by atoms with Crippen LogP contribution in [-0.2, 0) is 4.74 Å². The number of morpholine rings is 1. The van der Waals surface area contributed by atoms with Gasteiger partial charge in [0.05, 0.1) is 12.2 Å². The molecule has 2 heterocycles. The van der Waals surface area contributed by atoms with E-state index in [1.165, 1.54) is 16.9 Å². The van der Waals surface area contributed by atoms with E-state index in [0.29, 0.717) is 18.2 Å². The van der Waals surface area contributed by atoms with E-state index in [0.717, 1.165) is 32.7 Å². The van der Waals surface area contributed by atoms with Crippen LogP contribution in [0.4, 0.5) is 11.4 Å². The lowest BCUT2D eigenvalue weighted by molar-refractivity contribution is -0.00524. The third kappa shape index (κ3) is 3.23. The van der Waals surface area contributed by atoms with Crippen molar-refractivity contribution >= 4 is 11.4 Å². The summed E-state index contributed by atoms with van der Waals surface area (Å²) < 4.78 is 5.85. The van der Waals surface area contributed by atoms with Gasteiger partial charge in [0.1, 0.15) is 0 Å². The predicted molar refractivity (Wildman–Crippen MR) is 93.1 cm³/mol. The molecule has 0 amide bonds. The third-order valence-corrected chi connectivity index (χ3v) is 4.77. The second-order valence-electron chi connectivity index (χ2n) is 6.88. The first-order valence-electron chi connectivity index (χ1n) is 8.53. The predicted octanol–water partition coefficient (Wildman–Crippen LogP) is 2.41. The van der Waals surface area contributed by atoms with Crippen molar-refractivity contribution in [3.8, 4) is 0 Å². The number of aryl methyl sites for hydroxylation is 1. The van der Waals surface area contributed by atoms with Crippen molar-refractivity contribution < 1.29 is 4.74 Å². The Hall–Kier alpha value is -1.26. The van der Waals surface area contributed by atoms with E-state index in [9.17, 15) is 0 Å². The van der Waals surface area contributed by atoms with Crippen molar-refractivity contribution in [3.05, 3.63) is 23.8 Å². The molecule has 1 aromatic rings. The van der Waals surface area contributed by atoms with Gasteiger partial charge in [0.15, 0.2) is 0 Å². The molecule has 0 aromatic heterocycles. The highest BCUT2D eigenvalue weighted by molar-refractivity contribution is 5.62. The fraction of sp³-hybridized carbons (Fsp3) is 0.667. The van der Waals surface area contributed by atoms with E-state index < -0.39 is 0 Å². The van der Waals surface area contributed by atoms with Crippen LogP contribution in [0.15, 0.2) is 18.2 Å². The molecule has 0 bridgehead atoms. The van der Waals surface area contributed by atoms with Gasteiger partial charge < -0.3 is 19.9 Å². The van der Waals surface area contributed by atoms with E-state index in [1.807, 2.05) is 0 Å². The standard InChI is InChI=1S/C18H29N3O/c1-13-9-17(21-8-7-19-10-14(21)2)5-6-18(13)20-11-15(3)22-16(4)12-20/h5-6,9,14-16,19H,7-8,10-12H2,1-4H3/t14-,15-,16+/m0/s1. The van der Waals surface area contributed by atoms with Crippen LogP contribution >= 0.6 is 0 Å². The summed E-state index contributed by atoms with van der Waals surface area (Å²) in [6.07, 6.45) is 0.604. The summed E-state index contributed by atoms with van der Waals surface area (Å²) in [4.78, 5) is 4.98. The van der Waals surface area contributed by atoms with Crippen LogP contribution in [0.2, 0.25) is 0 Å². The molecule has 3 rings (SSSR count). The van der Waals surface area contributed by atoms with Crippen molar-refractivity contribution in [1.29, 1.82) is 0 Å². The van der Waals surface area contributed by atoms with Gasteiger partial charge in [0.25, 0.3) is 0 Å². The SMILES string of the molecule is Cc1cc(N2CCNC[C@@H]2C)ccc1N1C[C@@H](C)O[C@@H](C)C1. The summed E-state index contributed by atoms with van der Waals surface area (Å²) in [5.74, 6) is 0. The maximum absolute atomic E-state index is 5.85. The molecule has 1 N–H and O–H groups in total. The molecule has 4 nitrogen and oxygen atoms in total. The number of ether oxygens (including phenoxy) is 1. The van der Waals surface area contributed by atoms with Gasteiger partial charge in [-0.3, -0.25) is 0 Å². The van der Waals surface area contributed by atoms with E-state index in [2.05, 4.69) is 61.0 Å². The molecule has 0 saturated carbocycles. The second-order valence-corrected chi connectivity index (χ2v) is 6.88. The summed E-state index contributed by atoms with van der Waals surface area (Å²) in [6, 6.07) is 7.49. The number of hydrogen-bond acceptors (Lipinski definition) is 4. The number of benzene rings is 1. The lowest BCUT2D eigenvalue weighted by atomic mass is 10.1. The number of nitrogens with zero attached hydrogens (tertiary/aromatic N) is 2. The van der Waals surface area contributed by atoms with Crippen molar-refractivity contribution in [3.63, 3.8) is 0 Å². The fourth-order valence-electron chi connectivity index (χ4n) is 3.77. The van der Waals surface area contributed by atoms with E-state index in [-0.39, 0.29) is 0 Å². The van der Waals surface area contributed by atoms with Gasteiger partial charge in [0, 0.05) is 50.1 Å². The van der Waals surface area contributed by atoms with Gasteiger partial charge in [-0.1, -0.05) is 0 Å². The topological polar surface area (TPSA) is 27.7 Å². The molecule has 0 radical (unpaired) electrons. The van der Waals surface area contributed by atoms with Gasteiger partial charge in [-0.2, -0.15) is 0 Å². The number of hydrogen-bond donors (Lipinski definition) is 1. The Labute approximate surface area is 134 Å². The Balaban J connectivity index is 1.80. The molecule has 1 aromatic carbocycles. The largest absolute Gasteiger partial charge is 0.372 e. The first kappa shape index (κ1) is 15.6. The number of rotatable bonds is 2. The molecule has 3 atom stereocenters. The second kappa shape index (κ2) is 6.47. The molecule has 122 valence electrons. The Morgan fingerprint density at radius 1 is 1.14 bits per heavy atom. The van der Waals surface area contributed by atoms with Crippen LogP contribution in [0, 0.1) is 6.92 Å². The molecule has 2 fully saturated rings. The van der Waals surface area contributed by atoms with E-state index in [1.54, 1.807) is 0 Å². The highest BCUT2D eigenvalue weighted by Crippen LogP contribution is 2.29. The van der Waals surface area contributed by atoms with Crippen molar-refractivity contribution in [2.24, 2.45) is 0 Å². The average Bonchev–Trinajstić information content (AvgIpc) is 2.46. The van der Waals surface area contributed by atoms with Crippen molar-refractivity contribution in [2.75, 3.05) is 42.5 Å². The summed E-state index contributed by atoms with van der Waals surface area (Å²) in [6.45, 7) is 14.0. The molecular formula is C18H29N3O. The molecule has 0 spiro atoms. The minimum absolute atomic E-state index is 0.302. The Morgan fingerprint density at radius 3 is 2.50 bits per heavy atom. The van der Waals surface area contributed by atoms with Gasteiger partial charge in [0.2, 0.25) is 0 Å². The van der Waals surface area contributed by atoms with E-state index in [4.69, 9.17) is 4.74 Å². The fourth-order valence-corrected chi connectivity index (χ4v) is 3.77. The number of nitrogens with one attached hydrogen (secondary N) is 1. The smallest absolute Gasteiger partial charge is 0.0726 e. The van der Waals surface area contributed by atoms with Crippen LogP contribution in [0.3, 0.4) is 0 Å². The van der Waals surface area contributed by atoms with Gasteiger partial charge >= 0.3 is 0 Å². The zero-order valence-electron chi connectivity index (χ0n) is 14.3. The maximum Gasteiger partial charge on any atom is 0.0726 e. The Bertz CT molecular complexity index is 509. The number of piperazine rings is 1. The van der Waals surface area contributed by atoms with E-state index >= 15 is 0 Å². The van der Waals surface area contributed by atoms with Gasteiger partial charge in [-0.15, -0.1) is 0 Å². The van der Waals surface area contributed by atoms with Crippen molar-refractivity contribution in [2.45, 2.75) is 45.9 Å². The monoisotopic (exact) mass is 303 g/mol. The zero-order chi connectivity index (χ0) is 15.7. The Kier molecular flexibility index (Phi) is 4.59. The third-order valence-electron chi connectivity index (χ3n) is 4.77. The van der Waals surface area contributed by atoms with Crippen LogP contribution in [0.1, 0.15) is 26.3 Å². The minimum Gasteiger partial charge on any atom is -0.372 e. The molecule has 0 aliphatic carbocycles. The van der Waals surface area contributed by atoms with Crippen LogP contribution in [-0.4, -0.2) is 51.0 Å². The lowest BCUT2D eigenvalue weighted by Crippen LogP contribution is -2.50. The van der Waals surface area contributed by atoms with Crippen LogP contribution in [0.25, 0.3) is 0 Å². The normalized spacial score (nSPS) is 29.7. The molecule has 2 aliphatic rings. The molecular weight excluding hydrogens is 274 g/mol. The molecule has 2 saturated heterocycles. The highest BCUT2D eigenvalue weighted by Gasteiger charge is 2.24. The summed E-state index contributed by atoms with van der Waals surface area (Å²) in [7, 11) is 0. The summed E-state index contributed by atoms with van der Waals surface area (Å²) in [5, 5.41) is 3.46. The summed E-state index contributed by atoms with van der Waals surface area (Å²) >= 11 is 0. The molecule has 22 heavy (non-hydrogen) atoms. The van der Waals surface area contributed by atoms with Gasteiger partial charge in [-0.05, 0) is 51.5 Å². The average molecular weight is 303 g/mol. The first-order valence-corrected chi connectivity index (χ1v) is 8.53. The lowest BCUT2D eigenvalue weighted by Gasteiger charge is -2.39. The highest BCUT2D eigenvalue weighted by atomic mass is 16.5. The molecule has 0 unspecified atom stereocenters. The zero-order valence-corrected chi connectivity index (χ0v) is 14.3. The number of anilines is 2.